The summed E-state index contributed by atoms with van der Waals surface area (Å²) in [4.78, 5) is 25.2. The maximum absolute atomic E-state index is 12.5. The minimum atomic E-state index is -0.976. The maximum atomic E-state index is 12.5. The zero-order valence-electron chi connectivity index (χ0n) is 13.6. The molecular formula is C19H21NO3S. The van der Waals surface area contributed by atoms with Crippen LogP contribution in [0, 0.1) is 0 Å². The van der Waals surface area contributed by atoms with Crippen molar-refractivity contribution in [2.75, 3.05) is 6.54 Å². The third-order valence-electron chi connectivity index (χ3n) is 3.61. The number of carbonyl (C=O) groups excluding carboxylic acids is 1. The summed E-state index contributed by atoms with van der Waals surface area (Å²) >= 11 is 0.858. The maximum Gasteiger partial charge on any atom is 0.316 e. The quantitative estimate of drug-likeness (QED) is 0.824. The summed E-state index contributed by atoms with van der Waals surface area (Å²) in [5.74, 6) is -0.976. The lowest BCUT2D eigenvalue weighted by Gasteiger charge is -2.23. The van der Waals surface area contributed by atoms with Crippen LogP contribution in [0.1, 0.15) is 18.1 Å². The number of amides is 1. The van der Waals surface area contributed by atoms with Crippen molar-refractivity contribution in [3.8, 4) is 0 Å². The van der Waals surface area contributed by atoms with Gasteiger partial charge in [-0.3, -0.25) is 9.59 Å². The highest BCUT2D eigenvalue weighted by Gasteiger charge is 2.21. The molecule has 0 spiro atoms. The Bertz CT molecular complexity index is 661. The normalized spacial score (nSPS) is 11.7. The van der Waals surface area contributed by atoms with Crippen molar-refractivity contribution < 1.29 is 14.7 Å². The van der Waals surface area contributed by atoms with Crippen LogP contribution in [0.15, 0.2) is 60.7 Å². The van der Waals surface area contributed by atoms with E-state index in [1.54, 1.807) is 4.90 Å². The first kappa shape index (κ1) is 18.1. The number of hydrogen-bond donors (Lipinski definition) is 1. The van der Waals surface area contributed by atoms with Gasteiger partial charge >= 0.3 is 5.97 Å². The Balaban J connectivity index is 2.05. The summed E-state index contributed by atoms with van der Waals surface area (Å²) in [5.41, 5.74) is 2.18. The standard InChI is InChI=1S/C19H21NO3S/c1-15(18(21)22)24-19(23)20(14-17-10-6-3-7-11-17)13-12-16-8-4-2-5-9-16/h2-11,15H,12-14H2,1H3,(H,21,22). The predicted molar refractivity (Wildman–Crippen MR) is 97.1 cm³/mol. The molecule has 0 bridgehead atoms. The van der Waals surface area contributed by atoms with E-state index in [-0.39, 0.29) is 5.24 Å². The van der Waals surface area contributed by atoms with E-state index in [2.05, 4.69) is 0 Å². The van der Waals surface area contributed by atoms with Gasteiger partial charge in [-0.15, -0.1) is 0 Å². The topological polar surface area (TPSA) is 57.6 Å². The zero-order chi connectivity index (χ0) is 17.4. The largest absolute Gasteiger partial charge is 0.480 e. The Kier molecular flexibility index (Phi) is 6.88. The van der Waals surface area contributed by atoms with Gasteiger partial charge in [-0.2, -0.15) is 0 Å². The molecule has 5 heteroatoms. The van der Waals surface area contributed by atoms with Crippen LogP contribution >= 0.6 is 11.8 Å². The Hall–Kier alpha value is -2.27. The van der Waals surface area contributed by atoms with Crippen molar-refractivity contribution in [1.82, 2.24) is 4.90 Å². The minimum Gasteiger partial charge on any atom is -0.480 e. The molecule has 0 saturated heterocycles. The van der Waals surface area contributed by atoms with Gasteiger partial charge in [-0.1, -0.05) is 60.7 Å². The molecule has 0 fully saturated rings. The minimum absolute atomic E-state index is 0.204. The lowest BCUT2D eigenvalue weighted by molar-refractivity contribution is -0.136. The molecule has 2 aromatic carbocycles. The summed E-state index contributed by atoms with van der Waals surface area (Å²) in [6.45, 7) is 2.56. The van der Waals surface area contributed by atoms with Crippen molar-refractivity contribution in [2.24, 2.45) is 0 Å². The molecule has 0 aliphatic carbocycles. The van der Waals surface area contributed by atoms with E-state index < -0.39 is 11.2 Å². The second-order valence-electron chi connectivity index (χ2n) is 5.51. The molecule has 0 aromatic heterocycles. The molecule has 2 rings (SSSR count). The highest BCUT2D eigenvalue weighted by molar-refractivity contribution is 8.14. The molecule has 1 amide bonds. The Morgan fingerprint density at radius 2 is 1.54 bits per heavy atom. The molecule has 2 aromatic rings. The summed E-state index contributed by atoms with van der Waals surface area (Å²) in [6.07, 6.45) is 0.738. The Labute approximate surface area is 146 Å². The van der Waals surface area contributed by atoms with E-state index in [1.165, 1.54) is 6.92 Å². The second kappa shape index (κ2) is 9.13. The lowest BCUT2D eigenvalue weighted by atomic mass is 10.1. The monoisotopic (exact) mass is 343 g/mol. The van der Waals surface area contributed by atoms with Gasteiger partial charge in [0.2, 0.25) is 0 Å². The van der Waals surface area contributed by atoms with Crippen LogP contribution in [0.3, 0.4) is 0 Å². The fourth-order valence-corrected chi connectivity index (χ4v) is 2.93. The number of nitrogens with zero attached hydrogens (tertiary/aromatic N) is 1. The molecule has 1 N–H and O–H groups in total. The lowest BCUT2D eigenvalue weighted by Crippen LogP contribution is -2.31. The molecule has 4 nitrogen and oxygen atoms in total. The van der Waals surface area contributed by atoms with Gasteiger partial charge in [-0.25, -0.2) is 0 Å². The molecule has 0 aliphatic heterocycles. The predicted octanol–water partition coefficient (Wildman–Crippen LogP) is 4.06. The van der Waals surface area contributed by atoms with Gasteiger partial charge in [0.05, 0.1) is 0 Å². The van der Waals surface area contributed by atoms with Gasteiger partial charge in [0.1, 0.15) is 5.25 Å². The first-order chi connectivity index (χ1) is 11.6. The molecule has 0 aliphatic rings. The fraction of sp³-hybridized carbons (Fsp3) is 0.263. The third kappa shape index (κ3) is 5.74. The first-order valence-corrected chi connectivity index (χ1v) is 8.70. The summed E-state index contributed by atoms with van der Waals surface area (Å²) in [5, 5.41) is 8.06. The van der Waals surface area contributed by atoms with Crippen molar-refractivity contribution in [3.63, 3.8) is 0 Å². The van der Waals surface area contributed by atoms with Crippen LogP contribution in [0.5, 0.6) is 0 Å². The van der Waals surface area contributed by atoms with Crippen LogP contribution in [0.2, 0.25) is 0 Å². The van der Waals surface area contributed by atoms with Crippen molar-refractivity contribution in [1.29, 1.82) is 0 Å². The van der Waals surface area contributed by atoms with Gasteiger partial charge in [0.15, 0.2) is 0 Å². The first-order valence-electron chi connectivity index (χ1n) is 7.82. The zero-order valence-corrected chi connectivity index (χ0v) is 14.4. The van der Waals surface area contributed by atoms with Crippen LogP contribution < -0.4 is 0 Å². The Morgan fingerprint density at radius 3 is 2.08 bits per heavy atom. The van der Waals surface area contributed by atoms with Crippen molar-refractivity contribution in [3.05, 3.63) is 71.8 Å². The van der Waals surface area contributed by atoms with E-state index in [9.17, 15) is 9.59 Å². The average Bonchev–Trinajstić information content (AvgIpc) is 2.60. The van der Waals surface area contributed by atoms with E-state index in [0.717, 1.165) is 29.3 Å². The Morgan fingerprint density at radius 1 is 1.00 bits per heavy atom. The van der Waals surface area contributed by atoms with Gasteiger partial charge in [0.25, 0.3) is 5.24 Å². The van der Waals surface area contributed by atoms with Crippen LogP contribution in [-0.4, -0.2) is 33.0 Å². The molecule has 0 radical (unpaired) electrons. The van der Waals surface area contributed by atoms with E-state index in [1.807, 2.05) is 60.7 Å². The van der Waals surface area contributed by atoms with Crippen LogP contribution in [0.4, 0.5) is 4.79 Å². The molecule has 0 saturated carbocycles. The number of rotatable bonds is 7. The number of carboxylic acids is 1. The van der Waals surface area contributed by atoms with Crippen LogP contribution in [0.25, 0.3) is 0 Å². The van der Waals surface area contributed by atoms with Crippen molar-refractivity contribution >= 4 is 23.0 Å². The molecule has 24 heavy (non-hydrogen) atoms. The average molecular weight is 343 g/mol. The number of thioether (sulfide) groups is 1. The number of benzene rings is 2. The summed E-state index contributed by atoms with van der Waals surface area (Å²) in [7, 11) is 0. The SMILES string of the molecule is CC(SC(=O)N(CCc1ccccc1)Cc1ccccc1)C(=O)O. The highest BCUT2D eigenvalue weighted by Crippen LogP contribution is 2.19. The third-order valence-corrected chi connectivity index (χ3v) is 4.63. The van der Waals surface area contributed by atoms with Gasteiger partial charge in [0, 0.05) is 13.1 Å². The number of hydrogen-bond acceptors (Lipinski definition) is 3. The highest BCUT2D eigenvalue weighted by atomic mass is 32.2. The molecule has 126 valence electrons. The summed E-state index contributed by atoms with van der Waals surface area (Å²) in [6, 6.07) is 19.7. The number of carbonyl (C=O) groups is 2. The fourth-order valence-electron chi connectivity index (χ4n) is 2.22. The second-order valence-corrected chi connectivity index (χ2v) is 6.80. The number of carboxylic acid groups (broad SMARTS) is 1. The van der Waals surface area contributed by atoms with E-state index in [4.69, 9.17) is 5.11 Å². The van der Waals surface area contributed by atoms with Crippen molar-refractivity contribution in [2.45, 2.75) is 25.1 Å². The summed E-state index contributed by atoms with van der Waals surface area (Å²) < 4.78 is 0. The van der Waals surface area contributed by atoms with Gasteiger partial charge in [-0.05, 0) is 36.2 Å². The molecular weight excluding hydrogens is 322 g/mol. The van der Waals surface area contributed by atoms with Crippen LogP contribution in [-0.2, 0) is 17.8 Å². The molecule has 1 atom stereocenters. The molecule has 1 unspecified atom stereocenters. The van der Waals surface area contributed by atoms with E-state index >= 15 is 0 Å². The van der Waals surface area contributed by atoms with Gasteiger partial charge < -0.3 is 10.0 Å². The smallest absolute Gasteiger partial charge is 0.316 e. The molecule has 0 heterocycles. The number of aliphatic carboxylic acids is 1. The van der Waals surface area contributed by atoms with E-state index in [0.29, 0.717) is 13.1 Å².